The van der Waals surface area contributed by atoms with Gasteiger partial charge in [0.15, 0.2) is 0 Å². The molecule has 0 saturated heterocycles. The molecule has 62 heavy (non-hydrogen) atoms. The third-order valence-electron chi connectivity index (χ3n) is 12.0. The third-order valence-corrected chi connectivity index (χ3v) is 12.0. The summed E-state index contributed by atoms with van der Waals surface area (Å²) >= 11 is 0. The van der Waals surface area contributed by atoms with Gasteiger partial charge in [0.1, 0.15) is 0 Å². The lowest BCUT2D eigenvalue weighted by Crippen LogP contribution is -2.13. The number of rotatable bonds is 9. The molecule has 10 aromatic carbocycles. The van der Waals surface area contributed by atoms with Crippen LogP contribution >= 0.6 is 0 Å². The van der Waals surface area contributed by atoms with E-state index in [0.717, 1.165) is 61.6 Å². The molecule has 0 unspecified atom stereocenters. The average Bonchev–Trinajstić information content (AvgIpc) is 3.70. The van der Waals surface area contributed by atoms with Gasteiger partial charge in [-0.25, -0.2) is 0 Å². The molecule has 0 radical (unpaired) electrons. The number of nitrogens with zero attached hydrogens (tertiary/aromatic N) is 2. The molecule has 2 nitrogen and oxygen atoms in total. The Kier molecular flexibility index (Phi) is 9.57. The van der Waals surface area contributed by atoms with E-state index in [2.05, 4.69) is 264 Å². The summed E-state index contributed by atoms with van der Waals surface area (Å²) in [6.45, 7) is 0. The van der Waals surface area contributed by atoms with Crippen molar-refractivity contribution in [2.75, 3.05) is 4.90 Å². The third kappa shape index (κ3) is 6.56. The number of benzene rings is 10. The van der Waals surface area contributed by atoms with Crippen molar-refractivity contribution in [3.63, 3.8) is 0 Å². The summed E-state index contributed by atoms with van der Waals surface area (Å²) in [6, 6.07) is 92.3. The fraction of sp³-hybridized carbons (Fsp3) is 0. The first-order valence-electron chi connectivity index (χ1n) is 21.3. The number of hydrogen-bond donors (Lipinski definition) is 0. The summed E-state index contributed by atoms with van der Waals surface area (Å²) in [6.07, 6.45) is 0. The summed E-state index contributed by atoms with van der Waals surface area (Å²) in [5, 5.41) is 2.38. The van der Waals surface area contributed by atoms with E-state index >= 15 is 0 Å². The fourth-order valence-electron chi connectivity index (χ4n) is 9.27. The van der Waals surface area contributed by atoms with E-state index in [-0.39, 0.29) is 0 Å². The van der Waals surface area contributed by atoms with Crippen molar-refractivity contribution in [1.29, 1.82) is 0 Å². The van der Waals surface area contributed by atoms with E-state index < -0.39 is 0 Å². The highest BCUT2D eigenvalue weighted by molar-refractivity contribution is 6.17. The summed E-state index contributed by atoms with van der Waals surface area (Å²) in [5.41, 5.74) is 18.4. The Morgan fingerprint density at radius 2 is 0.710 bits per heavy atom. The maximum atomic E-state index is 2.54. The van der Waals surface area contributed by atoms with Gasteiger partial charge in [-0.05, 0) is 87.0 Å². The first-order chi connectivity index (χ1) is 30.8. The first-order valence-corrected chi connectivity index (χ1v) is 21.3. The van der Waals surface area contributed by atoms with Crippen LogP contribution in [0.15, 0.2) is 255 Å². The Hall–Kier alpha value is -8.20. The zero-order chi connectivity index (χ0) is 41.2. The molecule has 0 N–H and O–H groups in total. The van der Waals surface area contributed by atoms with Crippen LogP contribution < -0.4 is 4.90 Å². The molecule has 292 valence electrons. The molecule has 0 aliphatic carbocycles. The van der Waals surface area contributed by atoms with Crippen molar-refractivity contribution >= 4 is 38.9 Å². The molecule has 0 bridgehead atoms. The second kappa shape index (κ2) is 16.1. The Morgan fingerprint density at radius 3 is 1.35 bits per heavy atom. The highest BCUT2D eigenvalue weighted by Gasteiger charge is 2.26. The predicted molar refractivity (Wildman–Crippen MR) is 263 cm³/mol. The molecule has 0 amide bonds. The van der Waals surface area contributed by atoms with E-state index in [9.17, 15) is 0 Å². The summed E-state index contributed by atoms with van der Waals surface area (Å²) < 4.78 is 2.41. The topological polar surface area (TPSA) is 8.17 Å². The maximum Gasteiger partial charge on any atom is 0.0562 e. The molecular formula is C60H42N2. The highest BCUT2D eigenvalue weighted by atomic mass is 15.2. The highest BCUT2D eigenvalue weighted by Crippen LogP contribution is 2.51. The molecular weight excluding hydrogens is 749 g/mol. The van der Waals surface area contributed by atoms with E-state index in [0.29, 0.717) is 0 Å². The van der Waals surface area contributed by atoms with Gasteiger partial charge < -0.3 is 9.47 Å². The summed E-state index contributed by atoms with van der Waals surface area (Å²) in [7, 11) is 0. The van der Waals surface area contributed by atoms with E-state index in [1.54, 1.807) is 0 Å². The van der Waals surface area contributed by atoms with E-state index in [4.69, 9.17) is 0 Å². The van der Waals surface area contributed by atoms with Gasteiger partial charge in [0, 0.05) is 27.6 Å². The van der Waals surface area contributed by atoms with Gasteiger partial charge in [0.25, 0.3) is 0 Å². The van der Waals surface area contributed by atoms with Crippen LogP contribution in [-0.4, -0.2) is 4.57 Å². The molecule has 0 aliphatic rings. The van der Waals surface area contributed by atoms with Gasteiger partial charge in [-0.2, -0.15) is 0 Å². The molecule has 1 heterocycles. The van der Waals surface area contributed by atoms with Crippen LogP contribution in [-0.2, 0) is 0 Å². The number of para-hydroxylation sites is 3. The van der Waals surface area contributed by atoms with Crippen LogP contribution in [0.4, 0.5) is 17.1 Å². The number of fused-ring (bicyclic) bond motifs is 3. The second-order valence-corrected chi connectivity index (χ2v) is 15.6. The molecule has 0 spiro atoms. The van der Waals surface area contributed by atoms with Crippen molar-refractivity contribution in [2.24, 2.45) is 0 Å². The molecule has 2 heteroatoms. The van der Waals surface area contributed by atoms with Crippen molar-refractivity contribution < 1.29 is 0 Å². The standard InChI is InChI=1S/C60H42N2/c1-5-22-43(23-6-1)48-30-13-14-32-50(48)46-40-41-53(52-34-16-15-31-49(52)44-24-7-2-8-25-44)59(42-46)62(55-36-19-17-33-51(55)45-26-9-3-10-27-45)58-39-21-38-57-60(58)54-35-18-20-37-56(54)61(57)47-28-11-4-12-29-47/h1-42H. The zero-order valence-corrected chi connectivity index (χ0v) is 34.1. The van der Waals surface area contributed by atoms with Crippen LogP contribution in [0.1, 0.15) is 0 Å². The molecule has 11 rings (SSSR count). The first kappa shape index (κ1) is 36.8. The lowest BCUT2D eigenvalue weighted by Gasteiger charge is -2.31. The van der Waals surface area contributed by atoms with Crippen LogP contribution in [0, 0.1) is 0 Å². The smallest absolute Gasteiger partial charge is 0.0562 e. The maximum absolute atomic E-state index is 2.54. The van der Waals surface area contributed by atoms with E-state index in [1.807, 2.05) is 0 Å². The number of hydrogen-bond acceptors (Lipinski definition) is 1. The summed E-state index contributed by atoms with van der Waals surface area (Å²) in [5.74, 6) is 0. The van der Waals surface area contributed by atoms with Crippen molar-refractivity contribution in [3.8, 4) is 61.3 Å². The molecule has 11 aromatic rings. The lowest BCUT2D eigenvalue weighted by molar-refractivity contribution is 1.18. The monoisotopic (exact) mass is 790 g/mol. The number of anilines is 3. The Labute approximate surface area is 362 Å². The van der Waals surface area contributed by atoms with Gasteiger partial charge >= 0.3 is 0 Å². The minimum absolute atomic E-state index is 1.08. The van der Waals surface area contributed by atoms with Gasteiger partial charge in [0.2, 0.25) is 0 Å². The zero-order valence-electron chi connectivity index (χ0n) is 34.1. The quantitative estimate of drug-likeness (QED) is 0.141. The van der Waals surface area contributed by atoms with Crippen LogP contribution in [0.2, 0.25) is 0 Å². The summed E-state index contributed by atoms with van der Waals surface area (Å²) in [4.78, 5) is 2.54. The Morgan fingerprint density at radius 1 is 0.258 bits per heavy atom. The largest absolute Gasteiger partial charge is 0.309 e. The minimum atomic E-state index is 1.08. The van der Waals surface area contributed by atoms with Crippen molar-refractivity contribution in [3.05, 3.63) is 255 Å². The second-order valence-electron chi connectivity index (χ2n) is 15.6. The number of aromatic nitrogens is 1. The van der Waals surface area contributed by atoms with Gasteiger partial charge in [-0.1, -0.05) is 212 Å². The molecule has 0 aliphatic heterocycles. The lowest BCUT2D eigenvalue weighted by atomic mass is 9.89. The van der Waals surface area contributed by atoms with Crippen LogP contribution in [0.25, 0.3) is 83.1 Å². The van der Waals surface area contributed by atoms with Gasteiger partial charge in [-0.15, -0.1) is 0 Å². The fourth-order valence-corrected chi connectivity index (χ4v) is 9.27. The average molecular weight is 791 g/mol. The van der Waals surface area contributed by atoms with E-state index in [1.165, 1.54) is 38.6 Å². The van der Waals surface area contributed by atoms with Gasteiger partial charge in [-0.3, -0.25) is 0 Å². The molecule has 0 saturated carbocycles. The normalized spacial score (nSPS) is 11.2. The predicted octanol–water partition coefficient (Wildman–Crippen LogP) is 16.6. The molecule has 0 fully saturated rings. The van der Waals surface area contributed by atoms with Gasteiger partial charge in [0.05, 0.1) is 28.1 Å². The minimum Gasteiger partial charge on any atom is -0.309 e. The van der Waals surface area contributed by atoms with Crippen molar-refractivity contribution in [1.82, 2.24) is 4.57 Å². The Bertz CT molecular complexity index is 3330. The van der Waals surface area contributed by atoms with Crippen LogP contribution in [0.5, 0.6) is 0 Å². The molecule has 1 aromatic heterocycles. The van der Waals surface area contributed by atoms with Crippen molar-refractivity contribution in [2.45, 2.75) is 0 Å². The SMILES string of the molecule is c1ccc(-c2ccccc2-c2ccc(-c3ccccc3-c3ccccc3)c(N(c3ccccc3-c3ccccc3)c3cccc4c3c3ccccc3n4-c3ccccc3)c2)cc1. The Balaban J connectivity index is 1.28. The van der Waals surface area contributed by atoms with Crippen LogP contribution in [0.3, 0.4) is 0 Å². The molecule has 0 atom stereocenters.